The maximum absolute atomic E-state index is 11.8. The van der Waals surface area contributed by atoms with E-state index in [4.69, 9.17) is 0 Å². The minimum absolute atomic E-state index is 0.00599. The number of Topliss-reactive ketones (excluding diaryl/α,β-unsaturated/α-hetero) is 2. The molecule has 0 saturated heterocycles. The van der Waals surface area contributed by atoms with Crippen LogP contribution < -0.4 is 0 Å². The third-order valence-corrected chi connectivity index (χ3v) is 4.43. The van der Waals surface area contributed by atoms with Gasteiger partial charge in [-0.05, 0) is 36.1 Å². The Morgan fingerprint density at radius 1 is 0.654 bits per heavy atom. The number of hydrogen-bond donors (Lipinski definition) is 0. The number of hydrogen-bond acceptors (Lipinski definition) is 3. The Bertz CT molecular complexity index is 905. The van der Waals surface area contributed by atoms with Gasteiger partial charge in [0.25, 0.3) is 0 Å². The zero-order valence-corrected chi connectivity index (χ0v) is 14.7. The highest BCUT2D eigenvalue weighted by atomic mass is 16.1. The maximum Gasteiger partial charge on any atom is 0.159 e. The molecule has 3 nitrogen and oxygen atoms in total. The predicted molar refractivity (Wildman–Crippen MR) is 103 cm³/mol. The Morgan fingerprint density at radius 3 is 1.35 bits per heavy atom. The van der Waals surface area contributed by atoms with Gasteiger partial charge in [0.05, 0.1) is 0 Å². The van der Waals surface area contributed by atoms with Gasteiger partial charge in [-0.3, -0.25) is 14.4 Å². The summed E-state index contributed by atoms with van der Waals surface area (Å²) in [6.45, 7) is 3.05. The van der Waals surface area contributed by atoms with Crippen molar-refractivity contribution in [3.05, 3.63) is 83.4 Å². The minimum atomic E-state index is 0.00599. The van der Waals surface area contributed by atoms with Crippen LogP contribution in [-0.2, 0) is 0 Å². The molecule has 3 rings (SSSR count). The van der Waals surface area contributed by atoms with Gasteiger partial charge in [0.1, 0.15) is 0 Å². The molecule has 0 aliphatic carbocycles. The van der Waals surface area contributed by atoms with E-state index >= 15 is 0 Å². The van der Waals surface area contributed by atoms with Crippen molar-refractivity contribution in [1.82, 2.24) is 0 Å². The molecule has 0 N–H and O–H groups in total. The number of carbonyl (C=O) groups excluding carboxylic acids is 3. The first kappa shape index (κ1) is 17.5. The van der Waals surface area contributed by atoms with Crippen LogP contribution in [0.2, 0.25) is 0 Å². The highest BCUT2D eigenvalue weighted by Crippen LogP contribution is 2.31. The van der Waals surface area contributed by atoms with E-state index in [2.05, 4.69) is 0 Å². The predicted octanol–water partition coefficient (Wildman–Crippen LogP) is 5.24. The highest BCUT2D eigenvalue weighted by Gasteiger charge is 2.12. The molecular formula is C23H18O3. The molecule has 0 heterocycles. The topological polar surface area (TPSA) is 51.2 Å². The molecule has 3 heteroatoms. The Hall–Kier alpha value is -3.33. The van der Waals surface area contributed by atoms with E-state index in [1.165, 1.54) is 13.8 Å². The molecule has 0 bridgehead atoms. The van der Waals surface area contributed by atoms with E-state index < -0.39 is 0 Å². The summed E-state index contributed by atoms with van der Waals surface area (Å²) < 4.78 is 0. The second kappa shape index (κ2) is 7.28. The monoisotopic (exact) mass is 342 g/mol. The molecular weight excluding hydrogens is 324 g/mol. The van der Waals surface area contributed by atoms with Crippen molar-refractivity contribution < 1.29 is 14.4 Å². The van der Waals surface area contributed by atoms with Gasteiger partial charge < -0.3 is 0 Å². The summed E-state index contributed by atoms with van der Waals surface area (Å²) in [5, 5.41) is 0. The normalized spacial score (nSPS) is 10.4. The minimum Gasteiger partial charge on any atom is -0.298 e. The van der Waals surface area contributed by atoms with E-state index in [0.717, 1.165) is 28.5 Å². The molecule has 0 radical (unpaired) electrons. The summed E-state index contributed by atoms with van der Waals surface area (Å²) >= 11 is 0. The molecule has 128 valence electrons. The fraction of sp³-hybridized carbons (Fsp3) is 0.0870. The van der Waals surface area contributed by atoms with Gasteiger partial charge in [-0.2, -0.15) is 0 Å². The molecule has 0 aromatic heterocycles. The summed E-state index contributed by atoms with van der Waals surface area (Å²) in [4.78, 5) is 34.7. The number of aldehydes is 1. The van der Waals surface area contributed by atoms with Crippen LogP contribution in [0.5, 0.6) is 0 Å². The van der Waals surface area contributed by atoms with Crippen molar-refractivity contribution in [2.75, 3.05) is 0 Å². The van der Waals surface area contributed by atoms with Crippen LogP contribution in [0.15, 0.2) is 66.7 Å². The van der Waals surface area contributed by atoms with Gasteiger partial charge >= 0.3 is 0 Å². The molecule has 0 amide bonds. The van der Waals surface area contributed by atoms with Gasteiger partial charge in [0.2, 0.25) is 0 Å². The van der Waals surface area contributed by atoms with Crippen LogP contribution in [0.4, 0.5) is 0 Å². The largest absolute Gasteiger partial charge is 0.298 e. The average Bonchev–Trinajstić information content (AvgIpc) is 2.67. The lowest BCUT2D eigenvalue weighted by Gasteiger charge is -2.12. The van der Waals surface area contributed by atoms with Gasteiger partial charge in [0, 0.05) is 16.7 Å². The molecule has 0 fully saturated rings. The second-order valence-electron chi connectivity index (χ2n) is 6.15. The van der Waals surface area contributed by atoms with Crippen LogP contribution in [-0.4, -0.2) is 17.9 Å². The maximum atomic E-state index is 11.8. The molecule has 3 aromatic carbocycles. The smallest absolute Gasteiger partial charge is 0.159 e. The van der Waals surface area contributed by atoms with E-state index in [0.29, 0.717) is 16.7 Å². The second-order valence-corrected chi connectivity index (χ2v) is 6.15. The Morgan fingerprint density at radius 2 is 1.04 bits per heavy atom. The lowest BCUT2D eigenvalue weighted by Crippen LogP contribution is -1.95. The Balaban J connectivity index is 2.09. The van der Waals surface area contributed by atoms with E-state index in [-0.39, 0.29) is 11.6 Å². The summed E-state index contributed by atoms with van der Waals surface area (Å²) in [7, 11) is 0. The van der Waals surface area contributed by atoms with E-state index in [9.17, 15) is 14.4 Å². The van der Waals surface area contributed by atoms with Gasteiger partial charge in [-0.25, -0.2) is 0 Å². The van der Waals surface area contributed by atoms with Crippen molar-refractivity contribution in [2.45, 2.75) is 13.8 Å². The first-order valence-corrected chi connectivity index (χ1v) is 8.32. The van der Waals surface area contributed by atoms with Crippen molar-refractivity contribution >= 4 is 17.9 Å². The molecule has 0 spiro atoms. The standard InChI is InChI=1S/C23H18O3/c1-15(25)17-6-10-19(11-7-17)21-4-3-5-22(23(21)14-24)20-12-8-18(9-13-20)16(2)26/h3-14H,1-2H3. The van der Waals surface area contributed by atoms with Crippen molar-refractivity contribution in [2.24, 2.45) is 0 Å². The molecule has 0 saturated carbocycles. The first-order valence-electron chi connectivity index (χ1n) is 8.32. The number of benzene rings is 3. The first-order chi connectivity index (χ1) is 12.5. The van der Waals surface area contributed by atoms with Crippen LogP contribution in [0.25, 0.3) is 22.3 Å². The quantitative estimate of drug-likeness (QED) is 0.471. The fourth-order valence-corrected chi connectivity index (χ4v) is 2.96. The van der Waals surface area contributed by atoms with Crippen molar-refractivity contribution in [1.29, 1.82) is 0 Å². The number of rotatable bonds is 5. The third kappa shape index (κ3) is 3.38. The Labute approximate surface area is 152 Å². The number of carbonyl (C=O) groups is 3. The van der Waals surface area contributed by atoms with Crippen LogP contribution in [0, 0.1) is 0 Å². The molecule has 0 aliphatic rings. The van der Waals surface area contributed by atoms with E-state index in [1.54, 1.807) is 24.3 Å². The zero-order valence-electron chi connectivity index (χ0n) is 14.7. The molecule has 26 heavy (non-hydrogen) atoms. The van der Waals surface area contributed by atoms with Crippen LogP contribution >= 0.6 is 0 Å². The molecule has 0 aliphatic heterocycles. The summed E-state index contributed by atoms with van der Waals surface area (Å²) in [6.07, 6.45) is 0.850. The number of ketones is 2. The van der Waals surface area contributed by atoms with Crippen LogP contribution in [0.3, 0.4) is 0 Å². The molecule has 3 aromatic rings. The van der Waals surface area contributed by atoms with Gasteiger partial charge in [-0.1, -0.05) is 66.7 Å². The SMILES string of the molecule is CC(=O)c1ccc(-c2cccc(-c3ccc(C(C)=O)cc3)c2C=O)cc1. The molecule has 0 atom stereocenters. The van der Waals surface area contributed by atoms with Gasteiger partial charge in [-0.15, -0.1) is 0 Å². The summed E-state index contributed by atoms with van der Waals surface area (Å²) in [5.41, 5.74) is 5.22. The van der Waals surface area contributed by atoms with Gasteiger partial charge in [0.15, 0.2) is 17.9 Å². The summed E-state index contributed by atoms with van der Waals surface area (Å²) in [6, 6.07) is 20.1. The van der Waals surface area contributed by atoms with E-state index in [1.807, 2.05) is 42.5 Å². The van der Waals surface area contributed by atoms with Crippen molar-refractivity contribution in [3.8, 4) is 22.3 Å². The third-order valence-electron chi connectivity index (χ3n) is 4.43. The van der Waals surface area contributed by atoms with Crippen LogP contribution in [0.1, 0.15) is 44.9 Å². The fourth-order valence-electron chi connectivity index (χ4n) is 2.96. The zero-order chi connectivity index (χ0) is 18.7. The van der Waals surface area contributed by atoms with Crippen molar-refractivity contribution in [3.63, 3.8) is 0 Å². The lowest BCUT2D eigenvalue weighted by atomic mass is 9.91. The summed E-state index contributed by atoms with van der Waals surface area (Å²) in [5.74, 6) is 0.0120. The Kier molecular flexibility index (Phi) is 4.90. The molecule has 0 unspecified atom stereocenters. The highest BCUT2D eigenvalue weighted by molar-refractivity contribution is 5.99. The lowest BCUT2D eigenvalue weighted by molar-refractivity contribution is 0.100. The average molecular weight is 342 g/mol.